The van der Waals surface area contributed by atoms with E-state index in [4.69, 9.17) is 4.74 Å². The van der Waals surface area contributed by atoms with Crippen molar-refractivity contribution in [1.29, 1.82) is 0 Å². The van der Waals surface area contributed by atoms with Gasteiger partial charge in [-0.25, -0.2) is 0 Å². The smallest absolute Gasteiger partial charge is 0.122 e. The van der Waals surface area contributed by atoms with Gasteiger partial charge in [0.05, 0.1) is 6.26 Å². The minimum Gasteiger partial charge on any atom is -0.465 e. The van der Waals surface area contributed by atoms with E-state index < -0.39 is 0 Å². The van der Waals surface area contributed by atoms with Gasteiger partial charge in [-0.2, -0.15) is 0 Å². The second-order valence-electron chi connectivity index (χ2n) is 3.66. The maximum Gasteiger partial charge on any atom is 0.122 e. The first-order valence-electron chi connectivity index (χ1n) is 5.07. The van der Waals surface area contributed by atoms with Crippen molar-refractivity contribution < 1.29 is 4.74 Å². The lowest BCUT2D eigenvalue weighted by atomic mass is 10.0. The van der Waals surface area contributed by atoms with Crippen LogP contribution in [0, 0.1) is 5.92 Å². The molecule has 14 heavy (non-hydrogen) atoms. The molecule has 76 valence electrons. The fraction of sp³-hybridized carbons (Fsp3) is 0.385. The van der Waals surface area contributed by atoms with E-state index in [9.17, 15) is 0 Å². The van der Waals surface area contributed by atoms with Crippen LogP contribution in [-0.2, 0) is 4.74 Å². The van der Waals surface area contributed by atoms with Crippen molar-refractivity contribution >= 4 is 0 Å². The maximum absolute atomic E-state index is 5.51. The highest BCUT2D eigenvalue weighted by molar-refractivity contribution is 5.20. The Morgan fingerprint density at radius 2 is 2.36 bits per heavy atom. The number of hydrogen-bond acceptors (Lipinski definition) is 1. The highest BCUT2D eigenvalue weighted by Crippen LogP contribution is 2.16. The predicted octanol–water partition coefficient (Wildman–Crippen LogP) is 3.96. The van der Waals surface area contributed by atoms with Crippen molar-refractivity contribution in [3.05, 3.63) is 48.0 Å². The molecule has 0 heterocycles. The number of allylic oxidation sites excluding steroid dienone is 6. The molecule has 1 aliphatic rings. The van der Waals surface area contributed by atoms with Gasteiger partial charge < -0.3 is 4.74 Å². The molecule has 1 atom stereocenters. The van der Waals surface area contributed by atoms with E-state index in [1.54, 1.807) is 6.26 Å². The van der Waals surface area contributed by atoms with Gasteiger partial charge in [-0.3, -0.25) is 0 Å². The first-order valence-corrected chi connectivity index (χ1v) is 5.07. The van der Waals surface area contributed by atoms with Crippen molar-refractivity contribution in [2.75, 3.05) is 0 Å². The molecule has 1 heteroatoms. The Labute approximate surface area is 86.5 Å². The molecule has 0 bridgehead atoms. The predicted molar refractivity (Wildman–Crippen MR) is 60.7 cm³/mol. The zero-order valence-electron chi connectivity index (χ0n) is 9.16. The monoisotopic (exact) mass is 190 g/mol. The van der Waals surface area contributed by atoms with Crippen LogP contribution >= 0.6 is 0 Å². The van der Waals surface area contributed by atoms with Gasteiger partial charge in [0, 0.05) is 0 Å². The summed E-state index contributed by atoms with van der Waals surface area (Å²) in [6.45, 7) is 6.22. The van der Waals surface area contributed by atoms with E-state index in [1.807, 2.05) is 32.1 Å². The molecule has 0 amide bonds. The molecule has 1 nitrogen and oxygen atoms in total. The van der Waals surface area contributed by atoms with Gasteiger partial charge in [0.15, 0.2) is 0 Å². The molecular weight excluding hydrogens is 172 g/mol. The van der Waals surface area contributed by atoms with E-state index in [0.717, 1.165) is 17.8 Å². The van der Waals surface area contributed by atoms with Crippen LogP contribution < -0.4 is 0 Å². The van der Waals surface area contributed by atoms with Crippen molar-refractivity contribution in [1.82, 2.24) is 0 Å². The fourth-order valence-corrected chi connectivity index (χ4v) is 1.26. The topological polar surface area (TPSA) is 9.23 Å². The molecule has 0 aromatic carbocycles. The largest absolute Gasteiger partial charge is 0.465 e. The van der Waals surface area contributed by atoms with Crippen molar-refractivity contribution in [3.8, 4) is 0 Å². The van der Waals surface area contributed by atoms with Crippen LogP contribution in [0.5, 0.6) is 0 Å². The second-order valence-corrected chi connectivity index (χ2v) is 3.66. The van der Waals surface area contributed by atoms with Crippen LogP contribution in [0.3, 0.4) is 0 Å². The van der Waals surface area contributed by atoms with Crippen LogP contribution in [-0.4, -0.2) is 0 Å². The summed E-state index contributed by atoms with van der Waals surface area (Å²) in [5.41, 5.74) is 1.13. The minimum absolute atomic E-state index is 0.642. The van der Waals surface area contributed by atoms with Crippen LogP contribution in [0.15, 0.2) is 48.0 Å². The van der Waals surface area contributed by atoms with Crippen molar-refractivity contribution in [2.45, 2.75) is 27.2 Å². The minimum atomic E-state index is 0.642. The van der Waals surface area contributed by atoms with E-state index in [1.165, 1.54) is 0 Å². The summed E-state index contributed by atoms with van der Waals surface area (Å²) in [5.74, 6) is 1.59. The molecule has 0 N–H and O–H groups in total. The van der Waals surface area contributed by atoms with Gasteiger partial charge in [-0.15, -0.1) is 0 Å². The summed E-state index contributed by atoms with van der Waals surface area (Å²) < 4.78 is 5.51. The Kier molecular flexibility index (Phi) is 4.24. The van der Waals surface area contributed by atoms with Crippen LogP contribution in [0.4, 0.5) is 0 Å². The molecule has 0 radical (unpaired) electrons. The third-order valence-electron chi connectivity index (χ3n) is 2.09. The van der Waals surface area contributed by atoms with Crippen LogP contribution in [0.2, 0.25) is 0 Å². The zero-order chi connectivity index (χ0) is 10.4. The zero-order valence-corrected chi connectivity index (χ0v) is 9.16. The summed E-state index contributed by atoms with van der Waals surface area (Å²) in [6, 6.07) is 0. The standard InChI is InChI=1S/C13H18O/c1-4-5-12(3)10-14-13-8-6-11(2)7-9-13/h4-6,8-11H,7H2,1-3H3/b5-4-,12-10-. The summed E-state index contributed by atoms with van der Waals surface area (Å²) in [6.07, 6.45) is 13.2. The Morgan fingerprint density at radius 1 is 1.57 bits per heavy atom. The molecule has 0 aromatic rings. The van der Waals surface area contributed by atoms with E-state index in [-0.39, 0.29) is 0 Å². The molecular formula is C13H18O. The van der Waals surface area contributed by atoms with E-state index in [0.29, 0.717) is 5.92 Å². The highest BCUT2D eigenvalue weighted by atomic mass is 16.5. The average Bonchev–Trinajstić information content (AvgIpc) is 2.17. The second kappa shape index (κ2) is 5.48. The van der Waals surface area contributed by atoms with Crippen molar-refractivity contribution in [2.24, 2.45) is 5.92 Å². The maximum atomic E-state index is 5.51. The lowest BCUT2D eigenvalue weighted by molar-refractivity contribution is 0.358. The number of ether oxygens (including phenoxy) is 1. The Bertz CT molecular complexity index is 292. The summed E-state index contributed by atoms with van der Waals surface area (Å²) in [4.78, 5) is 0. The molecule has 1 unspecified atom stereocenters. The highest BCUT2D eigenvalue weighted by Gasteiger charge is 2.02. The van der Waals surface area contributed by atoms with E-state index in [2.05, 4.69) is 19.1 Å². The lowest BCUT2D eigenvalue weighted by Crippen LogP contribution is -1.95. The average molecular weight is 190 g/mol. The molecule has 0 saturated heterocycles. The van der Waals surface area contributed by atoms with Gasteiger partial charge in [0.2, 0.25) is 0 Å². The molecule has 0 saturated carbocycles. The normalized spacial score (nSPS) is 22.6. The molecule has 0 fully saturated rings. The number of hydrogen-bond donors (Lipinski definition) is 0. The van der Waals surface area contributed by atoms with Gasteiger partial charge in [0.1, 0.15) is 5.76 Å². The SMILES string of the molecule is C/C=C\C(C)=C/OC1=CCC(C)C=C1. The van der Waals surface area contributed by atoms with Crippen LogP contribution in [0.25, 0.3) is 0 Å². The van der Waals surface area contributed by atoms with Gasteiger partial charge in [0.25, 0.3) is 0 Å². The van der Waals surface area contributed by atoms with Crippen molar-refractivity contribution in [3.63, 3.8) is 0 Å². The summed E-state index contributed by atoms with van der Waals surface area (Å²) in [7, 11) is 0. The number of rotatable bonds is 3. The Hall–Kier alpha value is -1.24. The molecule has 1 rings (SSSR count). The Balaban J connectivity index is 2.47. The quantitative estimate of drug-likeness (QED) is 0.483. The first-order chi connectivity index (χ1) is 6.72. The first kappa shape index (κ1) is 10.8. The molecule has 0 spiro atoms. The Morgan fingerprint density at radius 3 is 2.93 bits per heavy atom. The molecule has 1 aliphatic carbocycles. The lowest BCUT2D eigenvalue weighted by Gasteiger charge is -2.10. The van der Waals surface area contributed by atoms with Gasteiger partial charge in [-0.05, 0) is 43.9 Å². The van der Waals surface area contributed by atoms with Crippen LogP contribution in [0.1, 0.15) is 27.2 Å². The van der Waals surface area contributed by atoms with Gasteiger partial charge >= 0.3 is 0 Å². The fourth-order valence-electron chi connectivity index (χ4n) is 1.26. The molecule has 0 aromatic heterocycles. The summed E-state index contributed by atoms with van der Waals surface area (Å²) in [5, 5.41) is 0. The third-order valence-corrected chi connectivity index (χ3v) is 2.09. The third kappa shape index (κ3) is 3.65. The molecule has 0 aliphatic heterocycles. The summed E-state index contributed by atoms with van der Waals surface area (Å²) >= 11 is 0. The van der Waals surface area contributed by atoms with Gasteiger partial charge in [-0.1, -0.05) is 25.2 Å². The van der Waals surface area contributed by atoms with E-state index >= 15 is 0 Å².